The van der Waals surface area contributed by atoms with E-state index in [0.717, 1.165) is 11.1 Å². The topological polar surface area (TPSA) is 115 Å². The van der Waals surface area contributed by atoms with E-state index in [4.69, 9.17) is 9.47 Å². The number of H-pyrrole nitrogens is 1. The van der Waals surface area contributed by atoms with E-state index in [1.807, 2.05) is 53.1 Å². The van der Waals surface area contributed by atoms with Crippen molar-refractivity contribution in [2.24, 2.45) is 0 Å². The predicted octanol–water partition coefficient (Wildman–Crippen LogP) is 4.25. The second-order valence-electron chi connectivity index (χ2n) is 7.11. The average molecular weight is 478 g/mol. The molecular weight excluding hydrogens is 454 g/mol. The molecule has 0 saturated heterocycles. The number of carbonyl (C=O) groups is 1. The number of ether oxygens (including phenoxy) is 2. The minimum atomic E-state index is -0.695. The lowest BCUT2D eigenvalue weighted by Gasteiger charge is -2.11. The van der Waals surface area contributed by atoms with Crippen molar-refractivity contribution in [1.82, 2.24) is 24.7 Å². The Morgan fingerprint density at radius 2 is 1.94 bits per heavy atom. The van der Waals surface area contributed by atoms with Crippen molar-refractivity contribution in [3.05, 3.63) is 72.8 Å². The summed E-state index contributed by atoms with van der Waals surface area (Å²) in [5.74, 6) is 0.657. The fourth-order valence-corrected chi connectivity index (χ4v) is 4.27. The number of aliphatic hydroxyl groups is 1. The number of benzene rings is 2. The molecule has 2 N–H and O–H groups in total. The summed E-state index contributed by atoms with van der Waals surface area (Å²) in [6.45, 7) is 4.27. The third-order valence-electron chi connectivity index (χ3n) is 5.02. The summed E-state index contributed by atoms with van der Waals surface area (Å²) in [5.41, 5.74) is 2.16. The number of methoxy groups -OCH3 is 2. The van der Waals surface area contributed by atoms with Crippen molar-refractivity contribution in [3.8, 4) is 17.1 Å². The third-order valence-corrected chi connectivity index (χ3v) is 6.00. The average Bonchev–Trinajstić information content (AvgIpc) is 3.46. The van der Waals surface area contributed by atoms with Crippen LogP contribution in [0, 0.1) is 0 Å². The number of aromatic nitrogens is 5. The van der Waals surface area contributed by atoms with Crippen molar-refractivity contribution in [3.63, 3.8) is 0 Å². The molecule has 2 aromatic carbocycles. The Hall–Kier alpha value is -4.05. The van der Waals surface area contributed by atoms with Gasteiger partial charge in [0.25, 0.3) is 0 Å². The molecule has 9 nitrogen and oxygen atoms in total. The maximum Gasteiger partial charge on any atom is 0.345 e. The molecule has 0 fully saturated rings. The van der Waals surface area contributed by atoms with E-state index in [0.29, 0.717) is 28.8 Å². The molecule has 0 saturated carbocycles. The van der Waals surface area contributed by atoms with Crippen molar-refractivity contribution < 1.29 is 19.4 Å². The molecule has 0 spiro atoms. The Morgan fingerprint density at radius 3 is 2.68 bits per heavy atom. The minimum Gasteiger partial charge on any atom is -0.510 e. The molecule has 0 aliphatic carbocycles. The first kappa shape index (κ1) is 23.1. The summed E-state index contributed by atoms with van der Waals surface area (Å²) in [7, 11) is 2.85. The van der Waals surface area contributed by atoms with E-state index in [-0.39, 0.29) is 22.9 Å². The van der Waals surface area contributed by atoms with Gasteiger partial charge in [-0.1, -0.05) is 42.1 Å². The van der Waals surface area contributed by atoms with Crippen LogP contribution in [0.1, 0.15) is 5.82 Å². The number of esters is 1. The number of imidazole rings is 1. The van der Waals surface area contributed by atoms with Gasteiger partial charge in [0.05, 0.1) is 36.6 Å². The van der Waals surface area contributed by atoms with Crippen LogP contribution < -0.4 is 4.74 Å². The maximum atomic E-state index is 12.5. The summed E-state index contributed by atoms with van der Waals surface area (Å²) in [4.78, 5) is 20.0. The van der Waals surface area contributed by atoms with Crippen LogP contribution in [0.3, 0.4) is 0 Å². The van der Waals surface area contributed by atoms with Gasteiger partial charge >= 0.3 is 5.97 Å². The molecule has 2 heterocycles. The highest BCUT2D eigenvalue weighted by Crippen LogP contribution is 2.32. The van der Waals surface area contributed by atoms with E-state index >= 15 is 0 Å². The normalized spacial score (nSPS) is 11.8. The molecule has 4 rings (SSSR count). The van der Waals surface area contributed by atoms with Gasteiger partial charge in [0, 0.05) is 6.54 Å². The Morgan fingerprint density at radius 1 is 1.18 bits per heavy atom. The zero-order valence-electron chi connectivity index (χ0n) is 18.7. The molecule has 34 heavy (non-hydrogen) atoms. The Bertz CT molecular complexity index is 1340. The molecule has 0 amide bonds. The van der Waals surface area contributed by atoms with E-state index in [2.05, 4.69) is 26.7 Å². The second-order valence-corrected chi connectivity index (χ2v) is 8.05. The SMILES string of the molecule is C=CCn1c(SC/C(O)=C(\C(=O)OC)c2nc3ccccc3[nH]2)nnc1-c1ccccc1OC. The molecule has 10 heteroatoms. The zero-order valence-corrected chi connectivity index (χ0v) is 19.5. The summed E-state index contributed by atoms with van der Waals surface area (Å²) >= 11 is 1.23. The number of fused-ring (bicyclic) bond motifs is 1. The van der Waals surface area contributed by atoms with Gasteiger partial charge in [-0.15, -0.1) is 16.8 Å². The van der Waals surface area contributed by atoms with E-state index in [1.165, 1.54) is 18.9 Å². The first-order valence-electron chi connectivity index (χ1n) is 10.3. The third kappa shape index (κ3) is 4.53. The standard InChI is InChI=1S/C24H23N5O4S/c1-4-13-29-22(15-9-5-8-12-19(15)32-2)27-28-24(29)34-14-18(30)20(23(31)33-3)21-25-16-10-6-7-11-17(16)26-21/h4-12,30H,1,13-14H2,2-3H3,(H,25,26)/b20-18+. The van der Waals surface area contributed by atoms with Crippen LogP contribution in [0.4, 0.5) is 0 Å². The number of rotatable bonds is 9. The molecule has 4 aromatic rings. The predicted molar refractivity (Wildman–Crippen MR) is 131 cm³/mol. The first-order valence-corrected chi connectivity index (χ1v) is 11.3. The smallest absolute Gasteiger partial charge is 0.345 e. The number of nitrogens with one attached hydrogen (secondary N) is 1. The van der Waals surface area contributed by atoms with Gasteiger partial charge in [-0.25, -0.2) is 9.78 Å². The fourth-order valence-electron chi connectivity index (χ4n) is 3.45. The number of thioether (sulfide) groups is 1. The van der Waals surface area contributed by atoms with E-state index < -0.39 is 5.97 Å². The molecule has 0 aliphatic heterocycles. The summed E-state index contributed by atoms with van der Waals surface area (Å²) in [6.07, 6.45) is 1.73. The first-order chi connectivity index (χ1) is 16.6. The molecule has 2 aromatic heterocycles. The monoisotopic (exact) mass is 477 g/mol. The number of nitrogens with zero attached hydrogens (tertiary/aromatic N) is 4. The second kappa shape index (κ2) is 10.3. The van der Waals surface area contributed by atoms with Crippen LogP contribution in [-0.2, 0) is 16.1 Å². The summed E-state index contributed by atoms with van der Waals surface area (Å²) < 4.78 is 12.2. The molecule has 0 radical (unpaired) electrons. The largest absolute Gasteiger partial charge is 0.510 e. The number of aromatic amines is 1. The minimum absolute atomic E-state index is 0.0362. The van der Waals surface area contributed by atoms with Crippen LogP contribution in [0.2, 0.25) is 0 Å². The molecule has 174 valence electrons. The van der Waals surface area contributed by atoms with Crippen LogP contribution in [-0.4, -0.2) is 55.8 Å². The van der Waals surface area contributed by atoms with Crippen LogP contribution in [0.5, 0.6) is 5.75 Å². The van der Waals surface area contributed by atoms with Crippen molar-refractivity contribution in [2.75, 3.05) is 20.0 Å². The van der Waals surface area contributed by atoms with Gasteiger partial charge < -0.3 is 19.6 Å². The molecule has 0 atom stereocenters. The Balaban J connectivity index is 1.67. The van der Waals surface area contributed by atoms with Gasteiger partial charge in [-0.05, 0) is 24.3 Å². The van der Waals surface area contributed by atoms with Crippen LogP contribution in [0.15, 0.2) is 72.1 Å². The number of aliphatic hydroxyl groups excluding tert-OH is 1. The van der Waals surface area contributed by atoms with E-state index in [9.17, 15) is 9.90 Å². The number of para-hydroxylation sites is 3. The quantitative estimate of drug-likeness (QED) is 0.121. The fraction of sp³-hybridized carbons (Fsp3) is 0.167. The molecule has 0 aliphatic rings. The molecule has 0 bridgehead atoms. The highest BCUT2D eigenvalue weighted by Gasteiger charge is 2.23. The number of allylic oxidation sites excluding steroid dienone is 1. The van der Waals surface area contributed by atoms with Crippen molar-refractivity contribution in [2.45, 2.75) is 11.7 Å². The molecule has 0 unspecified atom stereocenters. The van der Waals surface area contributed by atoms with Crippen molar-refractivity contribution >= 4 is 34.3 Å². The summed E-state index contributed by atoms with van der Waals surface area (Å²) in [6, 6.07) is 14.9. The Labute approximate surface area is 200 Å². The Kier molecular flexibility index (Phi) is 6.98. The van der Waals surface area contributed by atoms with Gasteiger partial charge in [0.1, 0.15) is 22.9 Å². The van der Waals surface area contributed by atoms with Crippen LogP contribution >= 0.6 is 11.8 Å². The number of hydrogen-bond donors (Lipinski definition) is 2. The lowest BCUT2D eigenvalue weighted by Crippen LogP contribution is -2.10. The number of hydrogen-bond acceptors (Lipinski definition) is 8. The van der Waals surface area contributed by atoms with Gasteiger partial charge in [0.2, 0.25) is 0 Å². The lowest BCUT2D eigenvalue weighted by molar-refractivity contribution is -0.133. The zero-order chi connectivity index (χ0) is 24.1. The van der Waals surface area contributed by atoms with Crippen molar-refractivity contribution in [1.29, 1.82) is 0 Å². The highest BCUT2D eigenvalue weighted by molar-refractivity contribution is 7.99. The van der Waals surface area contributed by atoms with Gasteiger partial charge in [0.15, 0.2) is 11.0 Å². The van der Waals surface area contributed by atoms with Crippen LogP contribution in [0.25, 0.3) is 28.0 Å². The maximum absolute atomic E-state index is 12.5. The lowest BCUT2D eigenvalue weighted by atomic mass is 10.2. The highest BCUT2D eigenvalue weighted by atomic mass is 32.2. The molecular formula is C24H23N5O4S. The van der Waals surface area contributed by atoms with Gasteiger partial charge in [-0.3, -0.25) is 4.57 Å². The number of carbonyl (C=O) groups excluding carboxylic acids is 1. The summed E-state index contributed by atoms with van der Waals surface area (Å²) in [5, 5.41) is 20.0. The van der Waals surface area contributed by atoms with Gasteiger partial charge in [-0.2, -0.15) is 0 Å². The van der Waals surface area contributed by atoms with E-state index in [1.54, 1.807) is 13.2 Å².